The van der Waals surface area contributed by atoms with Crippen LogP contribution in [-0.2, 0) is 16.2 Å². The van der Waals surface area contributed by atoms with Gasteiger partial charge in [-0.15, -0.1) is 0 Å². The molecule has 1 saturated heterocycles. The average molecular weight is 548 g/mol. The first-order chi connectivity index (χ1) is 19.4. The summed E-state index contributed by atoms with van der Waals surface area (Å²) in [4.78, 5) is 21.5. The Morgan fingerprint density at radius 3 is 2.65 bits per heavy atom. The fourth-order valence-electron chi connectivity index (χ4n) is 4.91. The second-order valence-corrected chi connectivity index (χ2v) is 10.00. The lowest BCUT2D eigenvalue weighted by atomic mass is 9.89. The van der Waals surface area contributed by atoms with Crippen LogP contribution in [0.2, 0.25) is 0 Å². The van der Waals surface area contributed by atoms with Crippen LogP contribution in [0.25, 0.3) is 0 Å². The van der Waals surface area contributed by atoms with Crippen molar-refractivity contribution in [2.45, 2.75) is 44.2 Å². The van der Waals surface area contributed by atoms with Gasteiger partial charge in [0, 0.05) is 42.9 Å². The molecule has 0 radical (unpaired) electrons. The quantitative estimate of drug-likeness (QED) is 0.214. The largest absolute Gasteiger partial charge is 0.472 e. The van der Waals surface area contributed by atoms with Gasteiger partial charge in [-0.2, -0.15) is 5.06 Å². The molecule has 2 heterocycles. The van der Waals surface area contributed by atoms with Crippen LogP contribution in [0.5, 0.6) is 0 Å². The molecule has 2 aromatic carbocycles. The van der Waals surface area contributed by atoms with Crippen LogP contribution in [0.4, 0.5) is 5.69 Å². The van der Waals surface area contributed by atoms with E-state index in [2.05, 4.69) is 22.1 Å². The highest BCUT2D eigenvalue weighted by molar-refractivity contribution is 5.82. The zero-order valence-corrected chi connectivity index (χ0v) is 22.8. The van der Waals surface area contributed by atoms with Gasteiger partial charge in [-0.3, -0.25) is 9.63 Å². The summed E-state index contributed by atoms with van der Waals surface area (Å²) in [6.07, 6.45) is 1.11. The van der Waals surface area contributed by atoms with E-state index in [1.165, 1.54) is 17.6 Å². The minimum absolute atomic E-state index is 0.244. The number of hydrogen-bond acceptors (Lipinski definition) is 8. The highest BCUT2D eigenvalue weighted by atomic mass is 16.7. The van der Waals surface area contributed by atoms with E-state index in [1.54, 1.807) is 13.0 Å². The summed E-state index contributed by atoms with van der Waals surface area (Å²) >= 11 is 0. The van der Waals surface area contributed by atoms with Crippen LogP contribution in [0.15, 0.2) is 77.6 Å². The van der Waals surface area contributed by atoms with Crippen LogP contribution in [-0.4, -0.2) is 71.3 Å². The van der Waals surface area contributed by atoms with Gasteiger partial charge in [-0.05, 0) is 49.2 Å². The second-order valence-electron chi connectivity index (χ2n) is 10.00. The zero-order chi connectivity index (χ0) is 28.5. The van der Waals surface area contributed by atoms with Gasteiger partial charge in [0.15, 0.2) is 0 Å². The summed E-state index contributed by atoms with van der Waals surface area (Å²) in [5.74, 6) is 4.90. The van der Waals surface area contributed by atoms with Crippen molar-refractivity contribution in [1.29, 1.82) is 0 Å². The maximum atomic E-state index is 13.4. The van der Waals surface area contributed by atoms with E-state index >= 15 is 0 Å². The molecule has 1 fully saturated rings. The number of nitrogens with zero attached hydrogens (tertiary/aromatic N) is 2. The van der Waals surface area contributed by atoms with Gasteiger partial charge in [0.1, 0.15) is 18.2 Å². The number of rotatable bonds is 11. The third-order valence-electron chi connectivity index (χ3n) is 7.02. The normalized spacial score (nSPS) is 20.4. The smallest absolute Gasteiger partial charge is 0.240 e. The summed E-state index contributed by atoms with van der Waals surface area (Å²) < 4.78 is 5.00. The molecule has 0 bridgehead atoms. The highest BCUT2D eigenvalue weighted by Crippen LogP contribution is 2.32. The molecule has 9 nitrogen and oxygen atoms in total. The summed E-state index contributed by atoms with van der Waals surface area (Å²) in [5, 5.41) is 35.2. The minimum atomic E-state index is -0.970. The highest BCUT2D eigenvalue weighted by Gasteiger charge is 2.49. The molecule has 1 unspecified atom stereocenters. The van der Waals surface area contributed by atoms with Crippen molar-refractivity contribution >= 4 is 11.6 Å². The topological polar surface area (TPSA) is 119 Å². The van der Waals surface area contributed by atoms with E-state index in [0.29, 0.717) is 17.7 Å². The maximum absolute atomic E-state index is 13.4. The number of hydroxylamine groups is 2. The molecule has 212 valence electrons. The van der Waals surface area contributed by atoms with Crippen molar-refractivity contribution in [2.75, 3.05) is 31.6 Å². The Balaban J connectivity index is 1.41. The Morgan fingerprint density at radius 1 is 1.15 bits per heavy atom. The van der Waals surface area contributed by atoms with Gasteiger partial charge in [-0.1, -0.05) is 42.2 Å². The first-order valence-corrected chi connectivity index (χ1v) is 13.4. The molecule has 1 aliphatic rings. The van der Waals surface area contributed by atoms with Crippen LogP contribution in [0.1, 0.15) is 36.1 Å². The number of carbonyl (C=O) groups is 1. The monoisotopic (exact) mass is 547 g/mol. The van der Waals surface area contributed by atoms with Gasteiger partial charge < -0.3 is 30.0 Å². The van der Waals surface area contributed by atoms with Gasteiger partial charge in [0.05, 0.1) is 31.8 Å². The van der Waals surface area contributed by atoms with Gasteiger partial charge in [0.2, 0.25) is 5.91 Å². The predicted octanol–water partition coefficient (Wildman–Crippen LogP) is 2.48. The lowest BCUT2D eigenvalue weighted by Gasteiger charge is -2.26. The Hall–Kier alpha value is -3.65. The van der Waals surface area contributed by atoms with Crippen molar-refractivity contribution in [3.05, 3.63) is 89.9 Å². The van der Waals surface area contributed by atoms with E-state index in [4.69, 9.17) is 9.25 Å². The third-order valence-corrected chi connectivity index (χ3v) is 7.02. The molecule has 1 amide bonds. The van der Waals surface area contributed by atoms with Crippen molar-refractivity contribution in [1.82, 2.24) is 10.4 Å². The molecule has 0 saturated carbocycles. The van der Waals surface area contributed by atoms with Crippen LogP contribution < -0.4 is 10.2 Å². The average Bonchev–Trinajstić information content (AvgIpc) is 3.63. The fraction of sp³-hybridized carbons (Fsp3) is 0.387. The van der Waals surface area contributed by atoms with Gasteiger partial charge >= 0.3 is 0 Å². The third kappa shape index (κ3) is 7.50. The molecule has 1 aliphatic heterocycles. The van der Waals surface area contributed by atoms with Crippen molar-refractivity contribution < 1.29 is 29.4 Å². The summed E-state index contributed by atoms with van der Waals surface area (Å²) in [6, 6.07) is 18.3. The number of carbonyl (C=O) groups excluding carboxylic acids is 1. The standard InChI is InChI=1S/C31H37N3O6/c1-22(36)29-28(20-35)40-34(30(29)31(38)32-15-7-16-33(2)26-10-4-3-5-11-26)19-24-9-6-8-23(18-24)12-13-27(37)25-14-17-39-21-25/h3-6,8-11,14,17-18,21-22,27-30,35-37H,7,15-16,19-20H2,1-2H3,(H,32,38)/t22-,27?,28-,29+,30-/m1/s1. The number of benzene rings is 2. The number of aliphatic hydroxyl groups is 3. The summed E-state index contributed by atoms with van der Waals surface area (Å²) in [5.41, 5.74) is 3.20. The summed E-state index contributed by atoms with van der Waals surface area (Å²) in [7, 11) is 2.01. The Bertz CT molecular complexity index is 1270. The lowest BCUT2D eigenvalue weighted by Crippen LogP contribution is -2.49. The van der Waals surface area contributed by atoms with E-state index in [1.807, 2.05) is 61.6 Å². The number of anilines is 1. The zero-order valence-electron chi connectivity index (χ0n) is 22.8. The van der Waals surface area contributed by atoms with Crippen molar-refractivity contribution in [3.8, 4) is 11.8 Å². The van der Waals surface area contributed by atoms with Crippen molar-refractivity contribution in [3.63, 3.8) is 0 Å². The number of para-hydroxylation sites is 1. The minimum Gasteiger partial charge on any atom is -0.472 e. The second kappa shape index (κ2) is 14.1. The number of amides is 1. The number of nitrogens with one attached hydrogen (secondary N) is 1. The number of furan rings is 1. The van der Waals surface area contributed by atoms with Crippen LogP contribution in [0.3, 0.4) is 0 Å². The molecule has 1 aromatic heterocycles. The molecular weight excluding hydrogens is 510 g/mol. The lowest BCUT2D eigenvalue weighted by molar-refractivity contribution is -0.181. The molecular formula is C31H37N3O6. The molecule has 40 heavy (non-hydrogen) atoms. The molecule has 0 aliphatic carbocycles. The van der Waals surface area contributed by atoms with Gasteiger partial charge in [-0.25, -0.2) is 0 Å². The van der Waals surface area contributed by atoms with Crippen molar-refractivity contribution in [2.24, 2.45) is 5.92 Å². The number of aliphatic hydroxyl groups excluding tert-OH is 3. The molecule has 4 rings (SSSR count). The molecule has 4 N–H and O–H groups in total. The molecule has 9 heteroatoms. The van der Waals surface area contributed by atoms with Gasteiger partial charge in [0.25, 0.3) is 0 Å². The number of hydrogen-bond donors (Lipinski definition) is 4. The SMILES string of the molecule is C[C@@H](O)[C@H]1[C@@H](CO)ON(Cc2cccc(C#CC(O)c3ccoc3)c2)[C@H]1C(=O)NCCCN(C)c1ccccc1. The molecule has 0 spiro atoms. The Kier molecular flexibility index (Phi) is 10.4. The van der Waals surface area contributed by atoms with Crippen LogP contribution >= 0.6 is 0 Å². The van der Waals surface area contributed by atoms with E-state index in [0.717, 1.165) is 24.2 Å². The maximum Gasteiger partial charge on any atom is 0.240 e. The first-order valence-electron chi connectivity index (χ1n) is 13.4. The fourth-order valence-corrected chi connectivity index (χ4v) is 4.91. The Morgan fingerprint density at radius 2 is 1.95 bits per heavy atom. The molecule has 3 aromatic rings. The first kappa shape index (κ1) is 29.3. The van der Waals surface area contributed by atoms with E-state index in [-0.39, 0.29) is 19.1 Å². The summed E-state index contributed by atoms with van der Waals surface area (Å²) in [6.45, 7) is 2.75. The molecule has 5 atom stereocenters. The van der Waals surface area contributed by atoms with E-state index in [9.17, 15) is 20.1 Å². The van der Waals surface area contributed by atoms with Crippen LogP contribution in [0, 0.1) is 17.8 Å². The Labute approximate surface area is 234 Å². The predicted molar refractivity (Wildman–Crippen MR) is 151 cm³/mol. The van der Waals surface area contributed by atoms with E-state index < -0.39 is 30.3 Å².